The summed E-state index contributed by atoms with van der Waals surface area (Å²) in [5, 5.41) is 7.75. The summed E-state index contributed by atoms with van der Waals surface area (Å²) in [6.07, 6.45) is 0. The average molecular weight is 520 g/mol. The van der Waals surface area contributed by atoms with Gasteiger partial charge in [-0.05, 0) is 67.4 Å². The highest BCUT2D eigenvalue weighted by molar-refractivity contribution is 6.04. The maximum atomic E-state index is 13.2. The fourth-order valence-corrected chi connectivity index (χ4v) is 4.30. The molecular weight excluding hydrogens is 493 g/mol. The topological polar surface area (TPSA) is 73.2 Å². The number of aryl methyl sites for hydroxylation is 2. The van der Waals surface area contributed by atoms with Gasteiger partial charge in [0, 0.05) is 23.7 Å². The lowest BCUT2D eigenvalue weighted by Crippen LogP contribution is -2.11. The summed E-state index contributed by atoms with van der Waals surface area (Å²) < 4.78 is 20.7. The Labute approximate surface area is 225 Å². The largest absolute Gasteiger partial charge is 0.407 e. The first-order chi connectivity index (χ1) is 18.8. The highest BCUT2D eigenvalue weighted by Gasteiger charge is 2.25. The molecule has 39 heavy (non-hydrogen) atoms. The van der Waals surface area contributed by atoms with Gasteiger partial charge >= 0.3 is 5.97 Å². The Hall–Kier alpha value is -5.04. The van der Waals surface area contributed by atoms with Crippen LogP contribution in [0.1, 0.15) is 28.4 Å². The third kappa shape index (κ3) is 5.48. The van der Waals surface area contributed by atoms with Crippen LogP contribution in [0, 0.1) is 19.7 Å². The Kier molecular flexibility index (Phi) is 7.06. The molecule has 194 valence electrons. The van der Waals surface area contributed by atoms with Crippen LogP contribution in [0.5, 0.6) is 5.88 Å². The Bertz CT molecular complexity index is 1660. The molecule has 0 atom stereocenters. The number of halogens is 1. The Morgan fingerprint density at radius 2 is 1.46 bits per heavy atom. The molecule has 0 fully saturated rings. The van der Waals surface area contributed by atoms with E-state index in [0.29, 0.717) is 28.4 Å². The normalized spacial score (nSPS) is 10.8. The number of amides is 1. The van der Waals surface area contributed by atoms with Crippen molar-refractivity contribution in [2.24, 2.45) is 0 Å². The van der Waals surface area contributed by atoms with Crippen LogP contribution in [0.3, 0.4) is 0 Å². The zero-order valence-electron chi connectivity index (χ0n) is 21.7. The molecule has 4 aromatic carbocycles. The monoisotopic (exact) mass is 519 g/mol. The molecule has 0 aliphatic heterocycles. The van der Waals surface area contributed by atoms with Crippen LogP contribution in [-0.4, -0.2) is 21.7 Å². The predicted molar refractivity (Wildman–Crippen MR) is 150 cm³/mol. The first kappa shape index (κ1) is 25.6. The molecule has 7 heteroatoms. The summed E-state index contributed by atoms with van der Waals surface area (Å²) in [7, 11) is 0. The van der Waals surface area contributed by atoms with E-state index in [-0.39, 0.29) is 5.91 Å². The molecule has 1 N–H and O–H groups in total. The van der Waals surface area contributed by atoms with Gasteiger partial charge in [-0.2, -0.15) is 9.78 Å². The number of hydrogen-bond donors (Lipinski definition) is 1. The van der Waals surface area contributed by atoms with E-state index in [9.17, 15) is 14.0 Å². The van der Waals surface area contributed by atoms with Crippen LogP contribution in [0.15, 0.2) is 97.1 Å². The molecule has 0 saturated carbocycles. The van der Waals surface area contributed by atoms with E-state index in [0.717, 1.165) is 27.9 Å². The van der Waals surface area contributed by atoms with E-state index in [1.54, 1.807) is 16.8 Å². The maximum absolute atomic E-state index is 13.2. The summed E-state index contributed by atoms with van der Waals surface area (Å²) in [6, 6.07) is 28.3. The van der Waals surface area contributed by atoms with Gasteiger partial charge in [-0.3, -0.25) is 9.59 Å². The van der Waals surface area contributed by atoms with E-state index in [4.69, 9.17) is 9.84 Å². The first-order valence-electron chi connectivity index (χ1n) is 12.4. The number of carbonyl (C=O) groups excluding carboxylic acids is 2. The van der Waals surface area contributed by atoms with Gasteiger partial charge in [0.2, 0.25) is 5.88 Å². The first-order valence-corrected chi connectivity index (χ1v) is 12.4. The van der Waals surface area contributed by atoms with Crippen molar-refractivity contribution in [2.75, 3.05) is 5.32 Å². The van der Waals surface area contributed by atoms with Crippen molar-refractivity contribution in [1.82, 2.24) is 9.78 Å². The second kappa shape index (κ2) is 10.8. The van der Waals surface area contributed by atoms with E-state index in [2.05, 4.69) is 5.32 Å². The molecule has 1 amide bonds. The van der Waals surface area contributed by atoms with Crippen molar-refractivity contribution in [1.29, 1.82) is 0 Å². The number of benzene rings is 4. The minimum atomic E-state index is -0.468. The molecule has 0 aliphatic carbocycles. The van der Waals surface area contributed by atoms with Gasteiger partial charge in [0.1, 0.15) is 11.5 Å². The number of rotatable bonds is 6. The van der Waals surface area contributed by atoms with Gasteiger partial charge in [-0.1, -0.05) is 60.2 Å². The predicted octanol–water partition coefficient (Wildman–Crippen LogP) is 7.14. The number of para-hydroxylation sites is 1. The highest BCUT2D eigenvalue weighted by atomic mass is 19.1. The fraction of sp³-hybridized carbons (Fsp3) is 0.0938. The van der Waals surface area contributed by atoms with Crippen molar-refractivity contribution < 1.29 is 18.7 Å². The summed E-state index contributed by atoms with van der Waals surface area (Å²) in [4.78, 5) is 24.9. The van der Waals surface area contributed by atoms with Gasteiger partial charge in [0.15, 0.2) is 0 Å². The average Bonchev–Trinajstić information content (AvgIpc) is 3.28. The van der Waals surface area contributed by atoms with Gasteiger partial charge in [-0.25, -0.2) is 4.39 Å². The molecule has 0 saturated heterocycles. The quantitative estimate of drug-likeness (QED) is 0.242. The van der Waals surface area contributed by atoms with E-state index >= 15 is 0 Å². The van der Waals surface area contributed by atoms with Crippen molar-refractivity contribution in [2.45, 2.75) is 20.8 Å². The Morgan fingerprint density at radius 1 is 0.821 bits per heavy atom. The van der Waals surface area contributed by atoms with E-state index < -0.39 is 11.8 Å². The number of nitrogens with zero attached hydrogens (tertiary/aromatic N) is 2. The van der Waals surface area contributed by atoms with Gasteiger partial charge in [-0.15, -0.1) is 0 Å². The van der Waals surface area contributed by atoms with Gasteiger partial charge < -0.3 is 10.1 Å². The lowest BCUT2D eigenvalue weighted by atomic mass is 10.00. The zero-order valence-corrected chi connectivity index (χ0v) is 21.7. The maximum Gasteiger partial charge on any atom is 0.309 e. The summed E-state index contributed by atoms with van der Waals surface area (Å²) in [5.74, 6) is -0.925. The lowest BCUT2D eigenvalue weighted by molar-refractivity contribution is -0.132. The standard InChI is InChI=1S/C32H26FN3O3/c1-20-8-10-24(11-9-20)30-29(32(39-22(3)37)36(35-30)28-7-5-4-6-21(28)2)23-14-18-27(19-15-23)34-31(38)25-12-16-26(33)17-13-25/h4-19H,1-3H3,(H,34,38). The lowest BCUT2D eigenvalue weighted by Gasteiger charge is -2.12. The minimum Gasteiger partial charge on any atom is -0.407 e. The van der Waals surface area contributed by atoms with E-state index in [1.165, 1.54) is 31.2 Å². The van der Waals surface area contributed by atoms with Crippen molar-refractivity contribution in [3.05, 3.63) is 120 Å². The SMILES string of the molecule is CC(=O)Oc1c(-c2ccc(NC(=O)c3ccc(F)cc3)cc2)c(-c2ccc(C)cc2)nn1-c1ccccc1C. The number of aromatic nitrogens is 2. The molecule has 0 spiro atoms. The molecule has 1 aromatic heterocycles. The zero-order chi connectivity index (χ0) is 27.5. The number of ether oxygens (including phenoxy) is 1. The van der Waals surface area contributed by atoms with Crippen LogP contribution in [0.4, 0.5) is 10.1 Å². The smallest absolute Gasteiger partial charge is 0.309 e. The molecule has 5 rings (SSSR count). The van der Waals surface area contributed by atoms with Crippen LogP contribution >= 0.6 is 0 Å². The second-order valence-electron chi connectivity index (χ2n) is 9.23. The number of esters is 1. The number of anilines is 1. The van der Waals surface area contributed by atoms with Gasteiger partial charge in [0.25, 0.3) is 5.91 Å². The van der Waals surface area contributed by atoms with Crippen LogP contribution in [0.25, 0.3) is 28.1 Å². The van der Waals surface area contributed by atoms with E-state index in [1.807, 2.05) is 74.5 Å². The molecule has 6 nitrogen and oxygen atoms in total. The minimum absolute atomic E-state index is 0.301. The second-order valence-corrected chi connectivity index (χ2v) is 9.23. The third-order valence-electron chi connectivity index (χ3n) is 6.29. The van der Waals surface area contributed by atoms with Crippen molar-refractivity contribution in [3.8, 4) is 34.0 Å². The number of hydrogen-bond acceptors (Lipinski definition) is 4. The fourth-order valence-electron chi connectivity index (χ4n) is 4.30. The summed E-state index contributed by atoms with van der Waals surface area (Å²) in [5.41, 5.74) is 6.69. The molecule has 0 aliphatic rings. The third-order valence-corrected chi connectivity index (χ3v) is 6.29. The summed E-state index contributed by atoms with van der Waals surface area (Å²) in [6.45, 7) is 5.34. The van der Waals surface area contributed by atoms with Crippen LogP contribution in [-0.2, 0) is 4.79 Å². The number of nitrogens with one attached hydrogen (secondary N) is 1. The molecule has 1 heterocycles. The van der Waals surface area contributed by atoms with Gasteiger partial charge in [0.05, 0.1) is 11.3 Å². The number of carbonyl (C=O) groups is 2. The summed E-state index contributed by atoms with van der Waals surface area (Å²) >= 11 is 0. The van der Waals surface area contributed by atoms with Crippen molar-refractivity contribution >= 4 is 17.6 Å². The molecule has 0 unspecified atom stereocenters. The van der Waals surface area contributed by atoms with Crippen molar-refractivity contribution in [3.63, 3.8) is 0 Å². The Balaban J connectivity index is 1.61. The van der Waals surface area contributed by atoms with Crippen LogP contribution in [0.2, 0.25) is 0 Å². The molecule has 0 radical (unpaired) electrons. The highest BCUT2D eigenvalue weighted by Crippen LogP contribution is 2.41. The molecule has 5 aromatic rings. The Morgan fingerprint density at radius 3 is 2.10 bits per heavy atom. The molecule has 0 bridgehead atoms. The van der Waals surface area contributed by atoms with Crippen LogP contribution < -0.4 is 10.1 Å². The molecular formula is C32H26FN3O3.